The minimum Gasteiger partial charge on any atom is -0.495 e. The van der Waals surface area contributed by atoms with Crippen molar-refractivity contribution in [2.24, 2.45) is 0 Å². The van der Waals surface area contributed by atoms with Gasteiger partial charge in [-0.25, -0.2) is 13.1 Å². The van der Waals surface area contributed by atoms with Crippen LogP contribution in [0.5, 0.6) is 5.75 Å². The molecule has 0 aliphatic rings. The Hall–Kier alpha value is -1.47. The molecule has 0 unspecified atom stereocenters. The Labute approximate surface area is 108 Å². The molecule has 7 heteroatoms. The molecule has 0 aliphatic heterocycles. The van der Waals surface area contributed by atoms with E-state index < -0.39 is 10.0 Å². The highest BCUT2D eigenvalue weighted by atomic mass is 32.2. The Bertz CT molecular complexity index is 488. The van der Waals surface area contributed by atoms with Crippen molar-refractivity contribution in [3.8, 4) is 5.75 Å². The van der Waals surface area contributed by atoms with Gasteiger partial charge < -0.3 is 15.8 Å². The quantitative estimate of drug-likeness (QED) is 0.500. The molecule has 0 atom stereocenters. The first-order chi connectivity index (χ1) is 8.42. The largest absolute Gasteiger partial charge is 0.495 e. The summed E-state index contributed by atoms with van der Waals surface area (Å²) in [6, 6.07) is 5.41. The third-order valence-corrected chi connectivity index (χ3v) is 3.01. The molecule has 0 aromatic heterocycles. The molecule has 102 valence electrons. The second-order valence-corrected chi connectivity index (χ2v) is 5.74. The van der Waals surface area contributed by atoms with Crippen LogP contribution >= 0.6 is 0 Å². The standard InChI is InChI=1S/C11H19N3O3S/c1-17-11-8-9(4-5-10(11)12)13-6-3-7-14-18(2,15)16/h4-5,8,13-14H,3,6-7,12H2,1-2H3. The first-order valence-electron chi connectivity index (χ1n) is 5.54. The van der Waals surface area contributed by atoms with Crippen LogP contribution in [0.3, 0.4) is 0 Å². The fraction of sp³-hybridized carbons (Fsp3) is 0.455. The molecule has 0 radical (unpaired) electrons. The van der Waals surface area contributed by atoms with Crippen molar-refractivity contribution in [1.29, 1.82) is 0 Å². The molecular weight excluding hydrogens is 254 g/mol. The number of anilines is 2. The number of hydrogen-bond donors (Lipinski definition) is 3. The average Bonchev–Trinajstić information content (AvgIpc) is 2.29. The molecule has 0 fully saturated rings. The monoisotopic (exact) mass is 273 g/mol. The highest BCUT2D eigenvalue weighted by molar-refractivity contribution is 7.88. The van der Waals surface area contributed by atoms with Gasteiger partial charge in [-0.2, -0.15) is 0 Å². The van der Waals surface area contributed by atoms with Gasteiger partial charge in [-0.15, -0.1) is 0 Å². The number of nitrogens with one attached hydrogen (secondary N) is 2. The molecule has 0 spiro atoms. The average molecular weight is 273 g/mol. The summed E-state index contributed by atoms with van der Waals surface area (Å²) in [4.78, 5) is 0. The predicted molar refractivity (Wildman–Crippen MR) is 73.4 cm³/mol. The van der Waals surface area contributed by atoms with E-state index in [4.69, 9.17) is 10.5 Å². The topological polar surface area (TPSA) is 93.5 Å². The molecule has 0 saturated carbocycles. The molecule has 1 aromatic rings. The summed E-state index contributed by atoms with van der Waals surface area (Å²) in [5.41, 5.74) is 7.17. The maximum atomic E-state index is 10.8. The number of nitrogen functional groups attached to an aromatic ring is 1. The Morgan fingerprint density at radius 1 is 1.33 bits per heavy atom. The lowest BCUT2D eigenvalue weighted by Gasteiger charge is -2.10. The van der Waals surface area contributed by atoms with Gasteiger partial charge in [-0.05, 0) is 18.6 Å². The van der Waals surface area contributed by atoms with Gasteiger partial charge in [0.05, 0.1) is 19.1 Å². The van der Waals surface area contributed by atoms with E-state index in [1.807, 2.05) is 6.07 Å². The third kappa shape index (κ3) is 5.24. The summed E-state index contributed by atoms with van der Waals surface area (Å²) >= 11 is 0. The summed E-state index contributed by atoms with van der Waals surface area (Å²) in [6.45, 7) is 1.08. The molecule has 0 bridgehead atoms. The summed E-state index contributed by atoms with van der Waals surface area (Å²) < 4.78 is 29.2. The molecule has 0 aliphatic carbocycles. The SMILES string of the molecule is COc1cc(NCCCNS(C)(=O)=O)ccc1N. The van der Waals surface area contributed by atoms with Crippen LogP contribution in [-0.4, -0.2) is 34.9 Å². The van der Waals surface area contributed by atoms with E-state index in [1.54, 1.807) is 19.2 Å². The normalized spacial score (nSPS) is 11.2. The minimum atomic E-state index is -3.10. The maximum absolute atomic E-state index is 10.8. The van der Waals surface area contributed by atoms with Gasteiger partial charge in [-0.3, -0.25) is 0 Å². The molecule has 0 saturated heterocycles. The van der Waals surface area contributed by atoms with Gasteiger partial charge in [0.25, 0.3) is 0 Å². The Morgan fingerprint density at radius 3 is 2.67 bits per heavy atom. The van der Waals surface area contributed by atoms with E-state index in [0.717, 1.165) is 11.9 Å². The van der Waals surface area contributed by atoms with E-state index in [1.165, 1.54) is 0 Å². The minimum absolute atomic E-state index is 0.415. The predicted octanol–water partition coefficient (Wildman–Crippen LogP) is 0.629. The Morgan fingerprint density at radius 2 is 2.06 bits per heavy atom. The van der Waals surface area contributed by atoms with Crippen LogP contribution in [0.15, 0.2) is 18.2 Å². The van der Waals surface area contributed by atoms with E-state index >= 15 is 0 Å². The number of ether oxygens (including phenoxy) is 1. The highest BCUT2D eigenvalue weighted by Gasteiger charge is 2.01. The zero-order chi connectivity index (χ0) is 13.6. The van der Waals surface area contributed by atoms with Crippen molar-refractivity contribution < 1.29 is 13.2 Å². The summed E-state index contributed by atoms with van der Waals surface area (Å²) in [5.74, 6) is 0.620. The first-order valence-corrected chi connectivity index (χ1v) is 7.43. The number of hydrogen-bond acceptors (Lipinski definition) is 5. The van der Waals surface area contributed by atoms with Crippen molar-refractivity contribution in [2.75, 3.05) is 37.5 Å². The van der Waals surface area contributed by atoms with Crippen molar-refractivity contribution in [1.82, 2.24) is 4.72 Å². The van der Waals surface area contributed by atoms with Crippen LogP contribution in [0.1, 0.15) is 6.42 Å². The zero-order valence-corrected chi connectivity index (χ0v) is 11.4. The van der Waals surface area contributed by atoms with Crippen molar-refractivity contribution in [3.05, 3.63) is 18.2 Å². The molecule has 4 N–H and O–H groups in total. The van der Waals surface area contributed by atoms with Crippen LogP contribution in [0, 0.1) is 0 Å². The van der Waals surface area contributed by atoms with Crippen molar-refractivity contribution in [2.45, 2.75) is 6.42 Å². The lowest BCUT2D eigenvalue weighted by molar-refractivity contribution is 0.417. The summed E-state index contributed by atoms with van der Waals surface area (Å²) in [5, 5.41) is 3.16. The van der Waals surface area contributed by atoms with Crippen LogP contribution in [0.25, 0.3) is 0 Å². The van der Waals surface area contributed by atoms with Gasteiger partial charge in [-0.1, -0.05) is 0 Å². The van der Waals surface area contributed by atoms with Crippen LogP contribution in [-0.2, 0) is 10.0 Å². The van der Waals surface area contributed by atoms with E-state index in [9.17, 15) is 8.42 Å². The fourth-order valence-corrected chi connectivity index (χ4v) is 1.91. The number of nitrogens with two attached hydrogens (primary N) is 1. The number of methoxy groups -OCH3 is 1. The summed E-state index contributed by atoms with van der Waals surface area (Å²) in [7, 11) is -1.54. The number of rotatable bonds is 7. The van der Waals surface area contributed by atoms with Crippen LogP contribution < -0.4 is 20.5 Å². The maximum Gasteiger partial charge on any atom is 0.208 e. The Balaban J connectivity index is 2.36. The first kappa shape index (κ1) is 14.6. The van der Waals surface area contributed by atoms with Crippen molar-refractivity contribution >= 4 is 21.4 Å². The number of sulfonamides is 1. The molecule has 0 heterocycles. The van der Waals surface area contributed by atoms with Crippen LogP contribution in [0.2, 0.25) is 0 Å². The lowest BCUT2D eigenvalue weighted by atomic mass is 10.2. The zero-order valence-electron chi connectivity index (χ0n) is 10.6. The molecular formula is C11H19N3O3S. The van der Waals surface area contributed by atoms with Gasteiger partial charge >= 0.3 is 0 Å². The molecule has 18 heavy (non-hydrogen) atoms. The van der Waals surface area contributed by atoms with Crippen LogP contribution in [0.4, 0.5) is 11.4 Å². The fourth-order valence-electron chi connectivity index (χ4n) is 1.40. The van der Waals surface area contributed by atoms with Gasteiger partial charge in [0, 0.05) is 24.8 Å². The third-order valence-electron chi connectivity index (χ3n) is 2.28. The van der Waals surface area contributed by atoms with E-state index in [0.29, 0.717) is 30.9 Å². The smallest absolute Gasteiger partial charge is 0.208 e. The second kappa shape index (κ2) is 6.46. The van der Waals surface area contributed by atoms with Gasteiger partial charge in [0.15, 0.2) is 0 Å². The van der Waals surface area contributed by atoms with Gasteiger partial charge in [0.2, 0.25) is 10.0 Å². The summed E-state index contributed by atoms with van der Waals surface area (Å²) in [6.07, 6.45) is 1.84. The lowest BCUT2D eigenvalue weighted by Crippen LogP contribution is -2.24. The second-order valence-electron chi connectivity index (χ2n) is 3.90. The Kier molecular flexibility index (Phi) is 5.24. The molecule has 6 nitrogen and oxygen atoms in total. The van der Waals surface area contributed by atoms with Crippen molar-refractivity contribution in [3.63, 3.8) is 0 Å². The van der Waals surface area contributed by atoms with Gasteiger partial charge in [0.1, 0.15) is 5.75 Å². The molecule has 1 aromatic carbocycles. The molecule has 0 amide bonds. The highest BCUT2D eigenvalue weighted by Crippen LogP contribution is 2.24. The number of benzene rings is 1. The van der Waals surface area contributed by atoms with E-state index in [2.05, 4.69) is 10.0 Å². The molecule has 1 rings (SSSR count). The van der Waals surface area contributed by atoms with E-state index in [-0.39, 0.29) is 0 Å².